The summed E-state index contributed by atoms with van der Waals surface area (Å²) in [5, 5.41) is 7.08. The molecule has 2 rings (SSSR count). The molecule has 1 aromatic rings. The number of aromatic nitrogens is 2. The molecule has 0 bridgehead atoms. The van der Waals surface area contributed by atoms with E-state index in [0.29, 0.717) is 5.15 Å². The second-order valence-corrected chi connectivity index (χ2v) is 4.22. The summed E-state index contributed by atoms with van der Waals surface area (Å²) in [5.41, 5.74) is 0.0858. The topological polar surface area (TPSA) is 49.8 Å². The molecule has 4 nitrogen and oxygen atoms in total. The summed E-state index contributed by atoms with van der Waals surface area (Å²) in [6.07, 6.45) is 4.30. The van der Waals surface area contributed by atoms with Crippen molar-refractivity contribution < 1.29 is 0 Å². The van der Waals surface area contributed by atoms with E-state index in [0.717, 1.165) is 25.3 Å². The van der Waals surface area contributed by atoms with Crippen LogP contribution in [0.4, 0.5) is 5.82 Å². The lowest BCUT2D eigenvalue weighted by molar-refractivity contribution is 0.564. The minimum absolute atomic E-state index is 0.0858. The Bertz CT molecular complexity index is 305. The Morgan fingerprint density at radius 1 is 1.50 bits per heavy atom. The minimum atomic E-state index is 0.0858. The van der Waals surface area contributed by atoms with Crippen LogP contribution in [-0.2, 0) is 0 Å². The van der Waals surface area contributed by atoms with Crippen molar-refractivity contribution in [2.24, 2.45) is 0 Å². The summed E-state index contributed by atoms with van der Waals surface area (Å²) in [7, 11) is 0. The molecule has 1 unspecified atom stereocenters. The molecule has 0 aliphatic carbocycles. The summed E-state index contributed by atoms with van der Waals surface area (Å²) in [6.45, 7) is 4.17. The van der Waals surface area contributed by atoms with Crippen molar-refractivity contribution in [3.8, 4) is 0 Å². The first kappa shape index (κ1) is 9.68. The Balaban J connectivity index is 2.06. The highest BCUT2D eigenvalue weighted by Crippen LogP contribution is 2.19. The number of rotatable bonds is 2. The highest BCUT2D eigenvalue weighted by molar-refractivity contribution is 6.29. The zero-order chi connectivity index (χ0) is 10.0. The number of halogens is 1. The Labute approximate surface area is 88.1 Å². The zero-order valence-electron chi connectivity index (χ0n) is 8.05. The third-order valence-electron chi connectivity index (χ3n) is 2.42. The molecule has 5 heteroatoms. The number of nitrogens with zero attached hydrogens (tertiary/aromatic N) is 2. The fourth-order valence-corrected chi connectivity index (χ4v) is 1.71. The van der Waals surface area contributed by atoms with E-state index in [1.54, 1.807) is 12.4 Å². The smallest absolute Gasteiger partial charge is 0.147 e. The van der Waals surface area contributed by atoms with Gasteiger partial charge in [0, 0.05) is 12.1 Å². The summed E-state index contributed by atoms with van der Waals surface area (Å²) < 4.78 is 0. The van der Waals surface area contributed by atoms with Gasteiger partial charge in [-0.1, -0.05) is 11.6 Å². The quantitative estimate of drug-likeness (QED) is 0.776. The van der Waals surface area contributed by atoms with Crippen molar-refractivity contribution in [1.29, 1.82) is 0 Å². The lowest BCUT2D eigenvalue weighted by atomic mass is 10.0. The highest BCUT2D eigenvalue weighted by Gasteiger charge is 2.28. The van der Waals surface area contributed by atoms with Gasteiger partial charge in [-0.3, -0.25) is 0 Å². The van der Waals surface area contributed by atoms with E-state index in [2.05, 4.69) is 27.5 Å². The van der Waals surface area contributed by atoms with Crippen LogP contribution >= 0.6 is 11.6 Å². The first-order chi connectivity index (χ1) is 6.68. The average Bonchev–Trinajstić information content (AvgIpc) is 2.57. The molecule has 0 spiro atoms. The summed E-state index contributed by atoms with van der Waals surface area (Å²) in [5.74, 6) is 0.778. The average molecular weight is 213 g/mol. The molecule has 1 fully saturated rings. The Morgan fingerprint density at radius 2 is 2.36 bits per heavy atom. The zero-order valence-corrected chi connectivity index (χ0v) is 8.80. The van der Waals surface area contributed by atoms with E-state index < -0.39 is 0 Å². The van der Waals surface area contributed by atoms with E-state index in [1.807, 2.05) is 0 Å². The fourth-order valence-electron chi connectivity index (χ4n) is 1.61. The third kappa shape index (κ3) is 2.13. The normalized spacial score (nSPS) is 26.4. The van der Waals surface area contributed by atoms with Gasteiger partial charge in [-0.05, 0) is 19.9 Å². The van der Waals surface area contributed by atoms with Crippen molar-refractivity contribution in [2.45, 2.75) is 18.9 Å². The van der Waals surface area contributed by atoms with E-state index in [-0.39, 0.29) is 5.54 Å². The van der Waals surface area contributed by atoms with E-state index in [9.17, 15) is 0 Å². The number of hydrogen-bond donors (Lipinski definition) is 2. The largest absolute Gasteiger partial charge is 0.362 e. The number of anilines is 1. The lowest BCUT2D eigenvalue weighted by Crippen LogP contribution is -2.37. The molecular weight excluding hydrogens is 200 g/mol. The molecule has 1 aliphatic heterocycles. The number of nitrogens with one attached hydrogen (secondary N) is 2. The summed E-state index contributed by atoms with van der Waals surface area (Å²) in [6, 6.07) is 0. The third-order valence-corrected chi connectivity index (χ3v) is 2.61. The molecule has 14 heavy (non-hydrogen) atoms. The minimum Gasteiger partial charge on any atom is -0.362 e. The molecule has 2 heterocycles. The van der Waals surface area contributed by atoms with Gasteiger partial charge in [-0.15, -0.1) is 0 Å². The van der Waals surface area contributed by atoms with Crippen molar-refractivity contribution in [2.75, 3.05) is 18.4 Å². The van der Waals surface area contributed by atoms with Crippen LogP contribution in [0.15, 0.2) is 12.4 Å². The molecule has 1 aromatic heterocycles. The van der Waals surface area contributed by atoms with Gasteiger partial charge in [0.2, 0.25) is 0 Å². The fraction of sp³-hybridized carbons (Fsp3) is 0.556. The summed E-state index contributed by atoms with van der Waals surface area (Å²) in [4.78, 5) is 8.13. The van der Waals surface area contributed by atoms with Crippen LogP contribution in [0.1, 0.15) is 13.3 Å². The van der Waals surface area contributed by atoms with E-state index in [1.165, 1.54) is 0 Å². The van der Waals surface area contributed by atoms with Gasteiger partial charge in [0.1, 0.15) is 11.0 Å². The maximum atomic E-state index is 5.65. The van der Waals surface area contributed by atoms with Gasteiger partial charge < -0.3 is 10.6 Å². The van der Waals surface area contributed by atoms with Crippen LogP contribution in [0, 0.1) is 0 Å². The van der Waals surface area contributed by atoms with Crippen molar-refractivity contribution in [3.63, 3.8) is 0 Å². The molecule has 0 radical (unpaired) electrons. The van der Waals surface area contributed by atoms with Crippen LogP contribution in [-0.4, -0.2) is 28.6 Å². The van der Waals surface area contributed by atoms with Crippen LogP contribution in [0.2, 0.25) is 5.15 Å². The SMILES string of the molecule is CC1(Nc2cnc(Cl)cn2)CCNC1. The monoisotopic (exact) mass is 212 g/mol. The molecule has 1 atom stereocenters. The maximum absolute atomic E-state index is 5.65. The van der Waals surface area contributed by atoms with Crippen LogP contribution in [0.5, 0.6) is 0 Å². The van der Waals surface area contributed by atoms with Gasteiger partial charge in [-0.2, -0.15) is 0 Å². The molecular formula is C9H13ClN4. The van der Waals surface area contributed by atoms with E-state index >= 15 is 0 Å². The molecule has 1 saturated heterocycles. The van der Waals surface area contributed by atoms with E-state index in [4.69, 9.17) is 11.6 Å². The van der Waals surface area contributed by atoms with Crippen LogP contribution in [0.3, 0.4) is 0 Å². The predicted molar refractivity (Wildman–Crippen MR) is 56.6 cm³/mol. The van der Waals surface area contributed by atoms with Crippen LogP contribution in [0.25, 0.3) is 0 Å². The van der Waals surface area contributed by atoms with Gasteiger partial charge in [0.25, 0.3) is 0 Å². The van der Waals surface area contributed by atoms with Crippen molar-refractivity contribution in [1.82, 2.24) is 15.3 Å². The predicted octanol–water partition coefficient (Wildman–Crippen LogP) is 1.29. The lowest BCUT2D eigenvalue weighted by Gasteiger charge is -2.24. The molecule has 76 valence electrons. The molecule has 2 N–H and O–H groups in total. The highest BCUT2D eigenvalue weighted by atomic mass is 35.5. The second-order valence-electron chi connectivity index (χ2n) is 3.84. The summed E-state index contributed by atoms with van der Waals surface area (Å²) >= 11 is 5.65. The second kappa shape index (κ2) is 3.71. The molecule has 0 saturated carbocycles. The van der Waals surface area contributed by atoms with Gasteiger partial charge in [-0.25, -0.2) is 9.97 Å². The van der Waals surface area contributed by atoms with Crippen molar-refractivity contribution in [3.05, 3.63) is 17.5 Å². The number of hydrogen-bond acceptors (Lipinski definition) is 4. The van der Waals surface area contributed by atoms with Gasteiger partial charge >= 0.3 is 0 Å². The Kier molecular flexibility index (Phi) is 2.56. The Morgan fingerprint density at radius 3 is 2.93 bits per heavy atom. The first-order valence-corrected chi connectivity index (χ1v) is 5.02. The van der Waals surface area contributed by atoms with Gasteiger partial charge in [0.05, 0.1) is 12.4 Å². The van der Waals surface area contributed by atoms with Crippen molar-refractivity contribution >= 4 is 17.4 Å². The molecule has 0 aromatic carbocycles. The van der Waals surface area contributed by atoms with Gasteiger partial charge in [0.15, 0.2) is 0 Å². The van der Waals surface area contributed by atoms with Crippen LogP contribution < -0.4 is 10.6 Å². The standard InChI is InChI=1S/C9H13ClN4/c1-9(2-3-11-6-9)14-8-5-12-7(10)4-13-8/h4-5,11H,2-3,6H2,1H3,(H,13,14). The maximum Gasteiger partial charge on any atom is 0.147 e. The Hall–Kier alpha value is -0.870. The molecule has 1 aliphatic rings. The molecule has 0 amide bonds. The first-order valence-electron chi connectivity index (χ1n) is 4.64.